The highest BCUT2D eigenvalue weighted by Crippen LogP contribution is 2.33. The number of hydrogen-bond donors (Lipinski definition) is 0. The Morgan fingerprint density at radius 3 is 2.48 bits per heavy atom. The standard InChI is InChI=1S/C18H16BrClN2O/c1-12-2-4-14(5-3-12)17-10-16(21-22(17)18(23)11-20)13-6-8-15(19)9-7-13/h2-9,17H,10-11H2,1H3. The van der Waals surface area contributed by atoms with Crippen LogP contribution in [0.15, 0.2) is 58.1 Å². The van der Waals surface area contributed by atoms with E-state index in [4.69, 9.17) is 11.6 Å². The highest BCUT2D eigenvalue weighted by Gasteiger charge is 2.32. The van der Waals surface area contributed by atoms with Crippen molar-refractivity contribution in [3.05, 3.63) is 69.7 Å². The number of nitrogens with zero attached hydrogens (tertiary/aromatic N) is 2. The van der Waals surface area contributed by atoms with E-state index in [2.05, 4.69) is 45.3 Å². The first-order valence-electron chi connectivity index (χ1n) is 7.36. The Labute approximate surface area is 149 Å². The van der Waals surface area contributed by atoms with Gasteiger partial charge in [-0.05, 0) is 30.2 Å². The number of hydrazone groups is 1. The summed E-state index contributed by atoms with van der Waals surface area (Å²) >= 11 is 9.19. The second kappa shape index (κ2) is 6.85. The van der Waals surface area contributed by atoms with E-state index in [0.717, 1.165) is 21.3 Å². The molecule has 1 aliphatic rings. The van der Waals surface area contributed by atoms with E-state index in [1.165, 1.54) is 10.6 Å². The van der Waals surface area contributed by atoms with Gasteiger partial charge in [-0.15, -0.1) is 11.6 Å². The number of carbonyl (C=O) groups is 1. The van der Waals surface area contributed by atoms with Gasteiger partial charge in [0.2, 0.25) is 0 Å². The lowest BCUT2D eigenvalue weighted by molar-refractivity contribution is -0.130. The van der Waals surface area contributed by atoms with Gasteiger partial charge in [-0.3, -0.25) is 4.79 Å². The molecule has 0 aliphatic carbocycles. The van der Waals surface area contributed by atoms with Crippen molar-refractivity contribution in [2.45, 2.75) is 19.4 Å². The molecule has 0 bridgehead atoms. The number of carbonyl (C=O) groups excluding carboxylic acids is 1. The van der Waals surface area contributed by atoms with Crippen LogP contribution in [0.3, 0.4) is 0 Å². The third-order valence-corrected chi connectivity index (χ3v) is 4.68. The molecule has 1 aliphatic heterocycles. The smallest absolute Gasteiger partial charge is 0.258 e. The molecule has 1 unspecified atom stereocenters. The van der Waals surface area contributed by atoms with E-state index >= 15 is 0 Å². The molecule has 1 atom stereocenters. The van der Waals surface area contributed by atoms with E-state index in [1.807, 2.05) is 31.2 Å². The second-order valence-electron chi connectivity index (χ2n) is 5.56. The molecule has 3 rings (SSSR count). The van der Waals surface area contributed by atoms with Crippen molar-refractivity contribution < 1.29 is 4.79 Å². The molecule has 0 fully saturated rings. The van der Waals surface area contributed by atoms with Gasteiger partial charge in [0.05, 0.1) is 11.8 Å². The Bertz CT molecular complexity index is 741. The molecule has 23 heavy (non-hydrogen) atoms. The molecule has 2 aromatic carbocycles. The minimum Gasteiger partial charge on any atom is -0.272 e. The van der Waals surface area contributed by atoms with Gasteiger partial charge in [-0.25, -0.2) is 5.01 Å². The van der Waals surface area contributed by atoms with E-state index in [-0.39, 0.29) is 17.8 Å². The molecule has 1 heterocycles. The minimum atomic E-state index is -0.177. The van der Waals surface area contributed by atoms with Crippen molar-refractivity contribution in [1.29, 1.82) is 0 Å². The van der Waals surface area contributed by atoms with Crippen LogP contribution in [0.4, 0.5) is 0 Å². The van der Waals surface area contributed by atoms with Gasteiger partial charge in [0.1, 0.15) is 5.88 Å². The van der Waals surface area contributed by atoms with Crippen molar-refractivity contribution in [3.63, 3.8) is 0 Å². The predicted molar refractivity (Wildman–Crippen MR) is 96.8 cm³/mol. The van der Waals surface area contributed by atoms with Crippen molar-refractivity contribution in [2.24, 2.45) is 5.10 Å². The number of halogens is 2. The topological polar surface area (TPSA) is 32.7 Å². The van der Waals surface area contributed by atoms with Crippen LogP contribution in [-0.2, 0) is 4.79 Å². The number of alkyl halides is 1. The summed E-state index contributed by atoms with van der Waals surface area (Å²) in [5.41, 5.74) is 4.19. The normalized spacial score (nSPS) is 17.3. The molecule has 0 saturated heterocycles. The summed E-state index contributed by atoms with van der Waals surface area (Å²) in [5, 5.41) is 6.06. The zero-order valence-electron chi connectivity index (χ0n) is 12.7. The Morgan fingerprint density at radius 1 is 1.22 bits per heavy atom. The number of amides is 1. The van der Waals surface area contributed by atoms with Gasteiger partial charge < -0.3 is 0 Å². The zero-order chi connectivity index (χ0) is 16.4. The van der Waals surface area contributed by atoms with Gasteiger partial charge in [0.25, 0.3) is 5.91 Å². The molecular weight excluding hydrogens is 376 g/mol. The molecule has 0 spiro atoms. The molecule has 1 amide bonds. The summed E-state index contributed by atoms with van der Waals surface area (Å²) < 4.78 is 1.02. The summed E-state index contributed by atoms with van der Waals surface area (Å²) in [5.74, 6) is -0.246. The van der Waals surface area contributed by atoms with E-state index in [9.17, 15) is 4.79 Å². The molecule has 0 N–H and O–H groups in total. The number of rotatable bonds is 3. The molecular formula is C18H16BrClN2O. The van der Waals surface area contributed by atoms with Crippen LogP contribution in [0, 0.1) is 6.92 Å². The molecule has 0 radical (unpaired) electrons. The highest BCUT2D eigenvalue weighted by atomic mass is 79.9. The summed E-state index contributed by atoms with van der Waals surface area (Å²) in [6, 6.07) is 16.1. The minimum absolute atomic E-state index is 0.0700. The van der Waals surface area contributed by atoms with Crippen molar-refractivity contribution >= 4 is 39.1 Å². The fourth-order valence-corrected chi connectivity index (χ4v) is 3.05. The van der Waals surface area contributed by atoms with Gasteiger partial charge in [-0.2, -0.15) is 5.10 Å². The zero-order valence-corrected chi connectivity index (χ0v) is 15.0. The summed E-state index contributed by atoms with van der Waals surface area (Å²) in [6.45, 7) is 2.05. The highest BCUT2D eigenvalue weighted by molar-refractivity contribution is 9.10. The summed E-state index contributed by atoms with van der Waals surface area (Å²) in [4.78, 5) is 12.2. The molecule has 2 aromatic rings. The molecule has 118 valence electrons. The van der Waals surface area contributed by atoms with E-state index in [0.29, 0.717) is 6.42 Å². The Hall–Kier alpha value is -1.65. The van der Waals surface area contributed by atoms with Crippen LogP contribution in [-0.4, -0.2) is 22.5 Å². The number of hydrogen-bond acceptors (Lipinski definition) is 2. The fraction of sp³-hybridized carbons (Fsp3) is 0.222. The SMILES string of the molecule is Cc1ccc(C2CC(c3ccc(Br)cc3)=NN2C(=O)CCl)cc1. The first-order valence-corrected chi connectivity index (χ1v) is 8.69. The van der Waals surface area contributed by atoms with Crippen LogP contribution >= 0.6 is 27.5 Å². The average molecular weight is 392 g/mol. The van der Waals surface area contributed by atoms with Gasteiger partial charge in [-0.1, -0.05) is 57.9 Å². The molecule has 0 saturated carbocycles. The first-order chi connectivity index (χ1) is 11.1. The van der Waals surface area contributed by atoms with Gasteiger partial charge in [0, 0.05) is 10.9 Å². The van der Waals surface area contributed by atoms with Crippen molar-refractivity contribution in [2.75, 3.05) is 5.88 Å². The predicted octanol–water partition coefficient (Wildman–Crippen LogP) is 4.67. The van der Waals surface area contributed by atoms with Crippen molar-refractivity contribution in [1.82, 2.24) is 5.01 Å². The first kappa shape index (κ1) is 16.2. The number of aryl methyl sites for hydroxylation is 1. The third kappa shape index (κ3) is 3.48. The quantitative estimate of drug-likeness (QED) is 0.700. The lowest BCUT2D eigenvalue weighted by Gasteiger charge is -2.21. The lowest BCUT2D eigenvalue weighted by Crippen LogP contribution is -2.27. The largest absolute Gasteiger partial charge is 0.272 e. The lowest BCUT2D eigenvalue weighted by atomic mass is 9.98. The van der Waals surface area contributed by atoms with Gasteiger partial charge >= 0.3 is 0 Å². The Kier molecular flexibility index (Phi) is 4.83. The third-order valence-electron chi connectivity index (χ3n) is 3.92. The maximum atomic E-state index is 12.2. The van der Waals surface area contributed by atoms with E-state index in [1.54, 1.807) is 0 Å². The maximum absolute atomic E-state index is 12.2. The second-order valence-corrected chi connectivity index (χ2v) is 6.74. The monoisotopic (exact) mass is 390 g/mol. The van der Waals surface area contributed by atoms with E-state index < -0.39 is 0 Å². The maximum Gasteiger partial charge on any atom is 0.258 e. The van der Waals surface area contributed by atoms with Crippen LogP contribution in [0.5, 0.6) is 0 Å². The van der Waals surface area contributed by atoms with Crippen LogP contribution < -0.4 is 0 Å². The average Bonchev–Trinajstić information content (AvgIpc) is 3.00. The Balaban J connectivity index is 1.93. The van der Waals surface area contributed by atoms with Crippen LogP contribution in [0.25, 0.3) is 0 Å². The Morgan fingerprint density at radius 2 is 1.87 bits per heavy atom. The van der Waals surface area contributed by atoms with Gasteiger partial charge in [0.15, 0.2) is 0 Å². The van der Waals surface area contributed by atoms with Crippen LogP contribution in [0.1, 0.15) is 29.2 Å². The molecule has 0 aromatic heterocycles. The van der Waals surface area contributed by atoms with Crippen LogP contribution in [0.2, 0.25) is 0 Å². The molecule has 3 nitrogen and oxygen atoms in total. The summed E-state index contributed by atoms with van der Waals surface area (Å²) in [7, 11) is 0. The molecule has 5 heteroatoms. The number of benzene rings is 2. The summed E-state index contributed by atoms with van der Waals surface area (Å²) in [6.07, 6.45) is 0.688. The van der Waals surface area contributed by atoms with Crippen molar-refractivity contribution in [3.8, 4) is 0 Å². The fourth-order valence-electron chi connectivity index (χ4n) is 2.67.